The molecular formula is C28H28FN3O6. The van der Waals surface area contributed by atoms with Gasteiger partial charge in [0.15, 0.2) is 0 Å². The molecule has 1 amide bonds. The van der Waals surface area contributed by atoms with Crippen LogP contribution in [0.5, 0.6) is 0 Å². The highest BCUT2D eigenvalue weighted by Crippen LogP contribution is 2.46. The fraction of sp³-hybridized carbons (Fsp3) is 0.393. The summed E-state index contributed by atoms with van der Waals surface area (Å²) in [6.07, 6.45) is 4.49. The third-order valence-corrected chi connectivity index (χ3v) is 7.81. The maximum absolute atomic E-state index is 13.7. The average molecular weight is 522 g/mol. The first-order valence-electron chi connectivity index (χ1n) is 12.8. The van der Waals surface area contributed by atoms with Gasteiger partial charge in [-0.3, -0.25) is 19.9 Å². The maximum atomic E-state index is 13.7. The molecule has 0 aliphatic carbocycles. The van der Waals surface area contributed by atoms with Crippen LogP contribution >= 0.6 is 0 Å². The highest BCUT2D eigenvalue weighted by Gasteiger charge is 2.66. The molecule has 4 aliphatic rings. The molecule has 4 aliphatic heterocycles. The third kappa shape index (κ3) is 4.13. The predicted molar refractivity (Wildman–Crippen MR) is 133 cm³/mol. The Kier molecular flexibility index (Phi) is 6.16. The second-order valence-corrected chi connectivity index (χ2v) is 10.00. The Morgan fingerprint density at radius 3 is 2.18 bits per heavy atom. The van der Waals surface area contributed by atoms with Crippen LogP contribution in [0, 0.1) is 5.82 Å². The van der Waals surface area contributed by atoms with Crippen LogP contribution in [0.4, 0.5) is 10.1 Å². The van der Waals surface area contributed by atoms with Gasteiger partial charge in [-0.05, 0) is 55.5 Å². The van der Waals surface area contributed by atoms with Gasteiger partial charge in [0.25, 0.3) is 5.91 Å². The number of rotatable bonds is 4. The van der Waals surface area contributed by atoms with E-state index in [9.17, 15) is 18.8 Å². The van der Waals surface area contributed by atoms with E-state index in [1.165, 1.54) is 12.1 Å². The van der Waals surface area contributed by atoms with E-state index in [0.717, 1.165) is 30.6 Å². The number of amides is 1. The number of halogens is 1. The quantitative estimate of drug-likeness (QED) is 0.614. The van der Waals surface area contributed by atoms with E-state index < -0.39 is 23.5 Å². The summed E-state index contributed by atoms with van der Waals surface area (Å²) in [7, 11) is 0. The Balaban J connectivity index is 1.34. The monoisotopic (exact) mass is 521 g/mol. The molecule has 2 unspecified atom stereocenters. The van der Waals surface area contributed by atoms with Gasteiger partial charge in [0.05, 0.1) is 12.1 Å². The van der Waals surface area contributed by atoms with Crippen LogP contribution in [-0.4, -0.2) is 60.1 Å². The number of esters is 2. The number of piperidine rings is 1. The number of nitrogens with zero attached hydrogens (tertiary/aromatic N) is 2. The van der Waals surface area contributed by atoms with Crippen molar-refractivity contribution in [2.75, 3.05) is 24.6 Å². The highest BCUT2D eigenvalue weighted by atomic mass is 19.1. The highest BCUT2D eigenvalue weighted by molar-refractivity contribution is 5.98. The van der Waals surface area contributed by atoms with Gasteiger partial charge in [-0.2, -0.15) is 0 Å². The van der Waals surface area contributed by atoms with Crippen LogP contribution in [0.2, 0.25) is 0 Å². The van der Waals surface area contributed by atoms with Gasteiger partial charge in [-0.1, -0.05) is 30.3 Å². The number of hydrogen-bond acceptors (Lipinski definition) is 8. The van der Waals surface area contributed by atoms with Crippen molar-refractivity contribution in [1.82, 2.24) is 10.2 Å². The number of anilines is 1. The summed E-state index contributed by atoms with van der Waals surface area (Å²) in [4.78, 5) is 42.5. The normalized spacial score (nSPS) is 25.2. The molecule has 0 bridgehead atoms. The van der Waals surface area contributed by atoms with Crippen LogP contribution < -0.4 is 10.2 Å². The molecule has 3 saturated heterocycles. The standard InChI is InChI=1S/C28H28FN3O6/c29-20-10-8-19(9-11-20)25(22-7-4-18-36-22)31-16-14-27(15-17-31)26(35)30-28(32(27)21-5-2-1-3-6-21)37-23(33)12-13-24(34)38-28/h1-3,5-6,8-13,22,25H,4,7,14-18H2,(H,30,35). The van der Waals surface area contributed by atoms with Crippen LogP contribution in [0.25, 0.3) is 0 Å². The fourth-order valence-electron chi connectivity index (χ4n) is 6.13. The van der Waals surface area contributed by atoms with Crippen molar-refractivity contribution in [3.05, 3.63) is 78.1 Å². The molecule has 0 radical (unpaired) electrons. The zero-order valence-electron chi connectivity index (χ0n) is 20.7. The lowest BCUT2D eigenvalue weighted by molar-refractivity contribution is -0.226. The first-order chi connectivity index (χ1) is 18.4. The van der Waals surface area contributed by atoms with E-state index in [-0.39, 0.29) is 23.9 Å². The number of ether oxygens (including phenoxy) is 3. The predicted octanol–water partition coefficient (Wildman–Crippen LogP) is 2.78. The number of benzene rings is 2. The Bertz CT molecular complexity index is 1230. The molecule has 6 rings (SSSR count). The first-order valence-corrected chi connectivity index (χ1v) is 12.8. The van der Waals surface area contributed by atoms with E-state index in [1.807, 2.05) is 6.07 Å². The van der Waals surface area contributed by atoms with Crippen molar-refractivity contribution in [2.24, 2.45) is 0 Å². The summed E-state index contributed by atoms with van der Waals surface area (Å²) in [6.45, 7) is 1.70. The van der Waals surface area contributed by atoms with Gasteiger partial charge in [-0.25, -0.2) is 14.0 Å². The Morgan fingerprint density at radius 2 is 1.58 bits per heavy atom. The van der Waals surface area contributed by atoms with Crippen LogP contribution in [0.15, 0.2) is 66.7 Å². The molecule has 2 aromatic rings. The van der Waals surface area contributed by atoms with E-state index in [1.54, 1.807) is 41.3 Å². The molecule has 38 heavy (non-hydrogen) atoms. The molecule has 198 valence electrons. The molecule has 10 heteroatoms. The summed E-state index contributed by atoms with van der Waals surface area (Å²) in [6, 6.07) is 13.3. The lowest BCUT2D eigenvalue weighted by Crippen LogP contribution is -2.64. The molecule has 2 aromatic carbocycles. The summed E-state index contributed by atoms with van der Waals surface area (Å²) in [5.41, 5.74) is 0.377. The maximum Gasteiger partial charge on any atom is 0.440 e. The van der Waals surface area contributed by atoms with Gasteiger partial charge in [0, 0.05) is 37.5 Å². The van der Waals surface area contributed by atoms with Crippen LogP contribution in [0.1, 0.15) is 37.3 Å². The zero-order valence-corrected chi connectivity index (χ0v) is 20.7. The largest absolute Gasteiger partial charge is 0.440 e. The Morgan fingerprint density at radius 1 is 0.921 bits per heavy atom. The van der Waals surface area contributed by atoms with Gasteiger partial charge in [0.1, 0.15) is 11.4 Å². The summed E-state index contributed by atoms with van der Waals surface area (Å²) < 4.78 is 30.9. The van der Waals surface area contributed by atoms with Gasteiger partial charge < -0.3 is 14.2 Å². The van der Waals surface area contributed by atoms with Crippen molar-refractivity contribution in [3.8, 4) is 0 Å². The molecule has 4 heterocycles. The minimum atomic E-state index is -2.11. The second-order valence-electron chi connectivity index (χ2n) is 10.00. The molecule has 9 nitrogen and oxygen atoms in total. The number of nitrogens with one attached hydrogen (secondary N) is 1. The van der Waals surface area contributed by atoms with E-state index in [0.29, 0.717) is 38.2 Å². The third-order valence-electron chi connectivity index (χ3n) is 7.81. The lowest BCUT2D eigenvalue weighted by atomic mass is 9.83. The molecule has 2 spiro atoms. The first kappa shape index (κ1) is 24.6. The molecule has 2 atom stereocenters. The van der Waals surface area contributed by atoms with E-state index in [4.69, 9.17) is 14.2 Å². The summed E-state index contributed by atoms with van der Waals surface area (Å²) in [5, 5.41) is 2.69. The minimum absolute atomic E-state index is 0.0432. The van der Waals surface area contributed by atoms with Crippen molar-refractivity contribution in [2.45, 2.75) is 49.4 Å². The minimum Gasteiger partial charge on any atom is -0.382 e. The average Bonchev–Trinajstić information content (AvgIpc) is 3.47. The van der Waals surface area contributed by atoms with Crippen molar-refractivity contribution in [1.29, 1.82) is 0 Å². The summed E-state index contributed by atoms with van der Waals surface area (Å²) in [5.74, 6) is -2.30. The van der Waals surface area contributed by atoms with Crippen molar-refractivity contribution in [3.63, 3.8) is 0 Å². The van der Waals surface area contributed by atoms with Gasteiger partial charge >= 0.3 is 18.0 Å². The van der Waals surface area contributed by atoms with Gasteiger partial charge in [0.2, 0.25) is 0 Å². The number of likely N-dealkylation sites (tertiary alicyclic amines) is 1. The molecular weight excluding hydrogens is 493 g/mol. The topological polar surface area (TPSA) is 97.4 Å². The fourth-order valence-corrected chi connectivity index (χ4v) is 6.13. The van der Waals surface area contributed by atoms with Crippen molar-refractivity contribution >= 4 is 23.5 Å². The molecule has 0 saturated carbocycles. The molecule has 1 N–H and O–H groups in total. The SMILES string of the molecule is O=C1C=CC(=O)OC2(NC(=O)C3(CCN(C(c4ccc(F)cc4)C4CCCO4)CC3)N2c2ccccc2)O1. The molecule has 0 aromatic heterocycles. The van der Waals surface area contributed by atoms with E-state index in [2.05, 4.69) is 10.2 Å². The Hall–Kier alpha value is -3.76. The lowest BCUT2D eigenvalue weighted by Gasteiger charge is -2.48. The van der Waals surface area contributed by atoms with E-state index >= 15 is 0 Å². The van der Waals surface area contributed by atoms with Crippen LogP contribution in [-0.2, 0) is 28.6 Å². The second kappa shape index (κ2) is 9.52. The van der Waals surface area contributed by atoms with Crippen LogP contribution in [0.3, 0.4) is 0 Å². The number of hydrogen-bond donors (Lipinski definition) is 1. The number of carbonyl (C=O) groups is 3. The smallest absolute Gasteiger partial charge is 0.382 e. The molecule has 3 fully saturated rings. The van der Waals surface area contributed by atoms with Crippen molar-refractivity contribution < 1.29 is 33.0 Å². The van der Waals surface area contributed by atoms with Gasteiger partial charge in [-0.15, -0.1) is 0 Å². The Labute approximate surface area is 219 Å². The number of carbonyl (C=O) groups excluding carboxylic acids is 3. The summed E-state index contributed by atoms with van der Waals surface area (Å²) >= 11 is 0. The zero-order chi connectivity index (χ0) is 26.3. The number of para-hydroxylation sites is 1.